The zero-order valence-electron chi connectivity index (χ0n) is 13.6. The quantitative estimate of drug-likeness (QED) is 0.586. The molecule has 1 aromatic rings. The molecule has 4 nitrogen and oxygen atoms in total. The Hall–Kier alpha value is -2.52. The Morgan fingerprint density at radius 3 is 1.88 bits per heavy atom. The second kappa shape index (κ2) is 7.79. The minimum atomic E-state index is -5.01. The van der Waals surface area contributed by atoms with Gasteiger partial charge in [-0.3, -0.25) is 9.59 Å². The zero-order chi connectivity index (χ0) is 20.3. The van der Waals surface area contributed by atoms with Gasteiger partial charge in [0.1, 0.15) is 6.04 Å². The summed E-state index contributed by atoms with van der Waals surface area (Å²) >= 11 is 0. The number of nitrogens with two attached hydrogens (primary N) is 1. The summed E-state index contributed by atoms with van der Waals surface area (Å²) in [7, 11) is 0. The number of halogens is 6. The molecule has 0 unspecified atom stereocenters. The zero-order valence-corrected chi connectivity index (χ0v) is 13.6. The van der Waals surface area contributed by atoms with Gasteiger partial charge in [-0.2, -0.15) is 26.3 Å². The molecule has 0 saturated carbocycles. The number of benzene rings is 1. The highest BCUT2D eigenvalue weighted by Gasteiger charge is 2.37. The fourth-order valence-corrected chi connectivity index (χ4v) is 2.12. The van der Waals surface area contributed by atoms with E-state index in [-0.39, 0.29) is 12.5 Å². The summed E-state index contributed by atoms with van der Waals surface area (Å²) in [5, 5.41) is 2.18. The van der Waals surface area contributed by atoms with Crippen LogP contribution in [0.3, 0.4) is 0 Å². The molecule has 0 spiro atoms. The molecule has 0 aromatic heterocycles. The lowest BCUT2D eigenvalue weighted by Gasteiger charge is -2.17. The van der Waals surface area contributed by atoms with Crippen molar-refractivity contribution in [3.8, 4) is 0 Å². The van der Waals surface area contributed by atoms with E-state index in [0.29, 0.717) is 17.7 Å². The third-order valence-corrected chi connectivity index (χ3v) is 3.24. The van der Waals surface area contributed by atoms with Crippen LogP contribution in [0, 0.1) is 0 Å². The van der Waals surface area contributed by atoms with E-state index in [1.807, 2.05) is 0 Å². The second-order valence-electron chi connectivity index (χ2n) is 5.77. The monoisotopic (exact) mass is 382 g/mol. The number of amides is 2. The van der Waals surface area contributed by atoms with Gasteiger partial charge in [0.15, 0.2) is 0 Å². The molecule has 0 fully saturated rings. The Labute approximate surface area is 145 Å². The Balaban J connectivity index is 3.09. The molecule has 1 rings (SSSR count). The second-order valence-corrected chi connectivity index (χ2v) is 5.77. The lowest BCUT2D eigenvalue weighted by molar-refractivity contribution is -0.143. The van der Waals surface area contributed by atoms with Gasteiger partial charge in [-0.1, -0.05) is 5.57 Å². The van der Waals surface area contributed by atoms with Crippen molar-refractivity contribution in [1.29, 1.82) is 0 Å². The van der Waals surface area contributed by atoms with Gasteiger partial charge in [0.2, 0.25) is 11.8 Å². The van der Waals surface area contributed by atoms with Gasteiger partial charge in [-0.15, -0.1) is 6.58 Å². The fourth-order valence-electron chi connectivity index (χ4n) is 2.12. The minimum absolute atomic E-state index is 0.00251. The smallest absolute Gasteiger partial charge is 0.368 e. The van der Waals surface area contributed by atoms with Crippen molar-refractivity contribution in [3.63, 3.8) is 0 Å². The molecule has 0 aliphatic rings. The molecule has 144 valence electrons. The maximum Gasteiger partial charge on any atom is 0.416 e. The van der Waals surface area contributed by atoms with Crippen molar-refractivity contribution >= 4 is 11.8 Å². The molecule has 0 aliphatic heterocycles. The molecular formula is C16H16F6N2O2. The first kappa shape index (κ1) is 21.5. The number of rotatable bonds is 6. The summed E-state index contributed by atoms with van der Waals surface area (Å²) < 4.78 is 76.8. The lowest BCUT2D eigenvalue weighted by atomic mass is 10.0. The average molecular weight is 382 g/mol. The van der Waals surface area contributed by atoms with Crippen LogP contribution >= 0.6 is 0 Å². The Bertz CT molecular complexity index is 677. The summed E-state index contributed by atoms with van der Waals surface area (Å²) in [5.74, 6) is -1.84. The van der Waals surface area contributed by atoms with Crippen molar-refractivity contribution in [2.45, 2.75) is 38.2 Å². The maximum absolute atomic E-state index is 12.8. The van der Waals surface area contributed by atoms with Crippen LogP contribution in [0.2, 0.25) is 0 Å². The van der Waals surface area contributed by atoms with E-state index in [9.17, 15) is 35.9 Å². The highest BCUT2D eigenvalue weighted by Crippen LogP contribution is 2.36. The van der Waals surface area contributed by atoms with Crippen LogP contribution in [0.15, 0.2) is 30.4 Å². The lowest BCUT2D eigenvalue weighted by Crippen LogP contribution is -2.45. The van der Waals surface area contributed by atoms with Gasteiger partial charge >= 0.3 is 12.4 Å². The van der Waals surface area contributed by atoms with Crippen molar-refractivity contribution in [2.75, 3.05) is 0 Å². The van der Waals surface area contributed by atoms with Crippen LogP contribution in [0.25, 0.3) is 0 Å². The third kappa shape index (κ3) is 6.41. The normalized spacial score (nSPS) is 13.2. The molecule has 1 aromatic carbocycles. The first-order chi connectivity index (χ1) is 11.7. The average Bonchev–Trinajstić information content (AvgIpc) is 2.43. The molecule has 0 radical (unpaired) electrons. The van der Waals surface area contributed by atoms with Crippen LogP contribution in [0.4, 0.5) is 26.3 Å². The number of nitrogens with one attached hydrogen (secondary N) is 1. The van der Waals surface area contributed by atoms with Crippen LogP contribution in [-0.2, 0) is 28.4 Å². The van der Waals surface area contributed by atoms with Crippen molar-refractivity contribution in [3.05, 3.63) is 47.0 Å². The number of carbonyl (C=O) groups excluding carboxylic acids is 2. The number of carbonyl (C=O) groups is 2. The van der Waals surface area contributed by atoms with Crippen LogP contribution in [0.1, 0.15) is 30.0 Å². The fraction of sp³-hybridized carbons (Fsp3) is 0.375. The number of hydrogen-bond acceptors (Lipinski definition) is 2. The Morgan fingerprint density at radius 1 is 1.08 bits per heavy atom. The molecular weight excluding hydrogens is 366 g/mol. The van der Waals surface area contributed by atoms with E-state index in [2.05, 4.69) is 11.9 Å². The summed E-state index contributed by atoms with van der Waals surface area (Å²) in [5.41, 5.74) is 2.06. The number of alkyl halides is 6. The van der Waals surface area contributed by atoms with E-state index >= 15 is 0 Å². The van der Waals surface area contributed by atoms with E-state index < -0.39 is 53.3 Å². The van der Waals surface area contributed by atoms with Gasteiger partial charge in [-0.05, 0) is 37.1 Å². The van der Waals surface area contributed by atoms with Gasteiger partial charge in [-0.25, -0.2) is 0 Å². The molecule has 26 heavy (non-hydrogen) atoms. The Kier molecular flexibility index (Phi) is 6.45. The summed E-state index contributed by atoms with van der Waals surface area (Å²) in [6, 6.07) is -0.290. The van der Waals surface area contributed by atoms with Crippen LogP contribution in [-0.4, -0.2) is 17.9 Å². The summed E-state index contributed by atoms with van der Waals surface area (Å²) in [6.45, 7) is 5.10. The third-order valence-electron chi connectivity index (χ3n) is 3.24. The largest absolute Gasteiger partial charge is 0.416 e. The highest BCUT2D eigenvalue weighted by molar-refractivity contribution is 5.87. The first-order valence-electron chi connectivity index (χ1n) is 7.21. The van der Waals surface area contributed by atoms with Gasteiger partial charge in [0.25, 0.3) is 0 Å². The number of primary amides is 1. The molecule has 0 heterocycles. The maximum atomic E-state index is 12.8. The first-order valence-corrected chi connectivity index (χ1v) is 7.21. The van der Waals surface area contributed by atoms with Crippen LogP contribution < -0.4 is 11.1 Å². The standard InChI is InChI=1S/C16H16F6N2O2/c1-8(2)3-12(14(23)26)24-13(25)6-9-4-10(15(17,18)19)7-11(5-9)16(20,21)22/h4-5,7,12H,1,3,6H2,2H3,(H2,23,26)(H,24,25)/t12-/m1/s1. The number of hydrogen-bond donors (Lipinski definition) is 2. The van der Waals surface area contributed by atoms with Gasteiger partial charge in [0, 0.05) is 0 Å². The van der Waals surface area contributed by atoms with Crippen molar-refractivity contribution in [1.82, 2.24) is 5.32 Å². The van der Waals surface area contributed by atoms with E-state index in [1.54, 1.807) is 6.92 Å². The highest BCUT2D eigenvalue weighted by atomic mass is 19.4. The minimum Gasteiger partial charge on any atom is -0.368 e. The topological polar surface area (TPSA) is 72.2 Å². The van der Waals surface area contributed by atoms with Crippen molar-refractivity contribution < 1.29 is 35.9 Å². The van der Waals surface area contributed by atoms with Crippen LogP contribution in [0.5, 0.6) is 0 Å². The summed E-state index contributed by atoms with van der Waals surface area (Å²) in [4.78, 5) is 23.2. The SMILES string of the molecule is C=C(C)C[C@@H](NC(=O)Cc1cc(C(F)(F)F)cc(C(F)(F)F)c1)C(N)=O. The van der Waals surface area contributed by atoms with E-state index in [0.717, 1.165) is 0 Å². The summed E-state index contributed by atoms with van der Waals surface area (Å²) in [6.07, 6.45) is -10.8. The molecule has 0 aliphatic carbocycles. The van der Waals surface area contributed by atoms with E-state index in [1.165, 1.54) is 0 Å². The molecule has 0 bridgehead atoms. The molecule has 1 atom stereocenters. The van der Waals surface area contributed by atoms with E-state index in [4.69, 9.17) is 5.73 Å². The molecule has 0 saturated heterocycles. The predicted molar refractivity (Wildman–Crippen MR) is 80.7 cm³/mol. The Morgan fingerprint density at radius 2 is 1.54 bits per heavy atom. The molecule has 3 N–H and O–H groups in total. The van der Waals surface area contributed by atoms with Gasteiger partial charge in [0.05, 0.1) is 17.5 Å². The molecule has 2 amide bonds. The molecule has 10 heteroatoms. The van der Waals surface area contributed by atoms with Crippen molar-refractivity contribution in [2.24, 2.45) is 5.73 Å². The predicted octanol–water partition coefficient (Wildman–Crippen LogP) is 3.20. The van der Waals surface area contributed by atoms with Gasteiger partial charge < -0.3 is 11.1 Å².